The molecule has 3 saturated carbocycles. The van der Waals surface area contributed by atoms with Crippen LogP contribution in [0.2, 0.25) is 0 Å². The SMILES string of the molecule is CCOP(=O)(CCC(=O)C1CCC2C3CCC4=CC(=O)CCC4(C)C3CCC12C)OCC. The van der Waals surface area contributed by atoms with Crippen LogP contribution in [0.4, 0.5) is 0 Å². The van der Waals surface area contributed by atoms with E-state index in [-0.39, 0.29) is 35.1 Å². The molecule has 4 aliphatic carbocycles. The van der Waals surface area contributed by atoms with E-state index in [2.05, 4.69) is 13.8 Å². The summed E-state index contributed by atoms with van der Waals surface area (Å²) in [5.41, 5.74) is 1.61. The Morgan fingerprint density at radius 1 is 1.03 bits per heavy atom. The van der Waals surface area contributed by atoms with Gasteiger partial charge in [-0.2, -0.15) is 0 Å². The average molecular weight is 465 g/mol. The van der Waals surface area contributed by atoms with Crippen LogP contribution in [0.15, 0.2) is 11.6 Å². The van der Waals surface area contributed by atoms with Crippen molar-refractivity contribution in [2.24, 2.45) is 34.5 Å². The van der Waals surface area contributed by atoms with E-state index >= 15 is 0 Å². The van der Waals surface area contributed by atoms with Crippen LogP contribution in [0.25, 0.3) is 0 Å². The Labute approximate surface area is 193 Å². The molecule has 180 valence electrons. The van der Waals surface area contributed by atoms with Crippen molar-refractivity contribution in [3.05, 3.63) is 11.6 Å². The van der Waals surface area contributed by atoms with Crippen LogP contribution in [0.5, 0.6) is 0 Å². The lowest BCUT2D eigenvalue weighted by Gasteiger charge is -2.58. The molecule has 6 unspecified atom stereocenters. The molecule has 0 bridgehead atoms. The first-order valence-electron chi connectivity index (χ1n) is 12.8. The van der Waals surface area contributed by atoms with E-state index in [4.69, 9.17) is 9.05 Å². The summed E-state index contributed by atoms with van der Waals surface area (Å²) >= 11 is 0. The number of hydrogen-bond acceptors (Lipinski definition) is 5. The minimum Gasteiger partial charge on any atom is -0.309 e. The second-order valence-electron chi connectivity index (χ2n) is 11.0. The van der Waals surface area contributed by atoms with Crippen molar-refractivity contribution >= 4 is 19.2 Å². The van der Waals surface area contributed by atoms with Gasteiger partial charge >= 0.3 is 7.60 Å². The molecule has 0 aliphatic heterocycles. The molecule has 0 spiro atoms. The lowest BCUT2D eigenvalue weighted by atomic mass is 9.46. The van der Waals surface area contributed by atoms with E-state index in [1.807, 2.05) is 19.9 Å². The summed E-state index contributed by atoms with van der Waals surface area (Å²) < 4.78 is 23.7. The van der Waals surface area contributed by atoms with Gasteiger partial charge in [0.2, 0.25) is 0 Å². The summed E-state index contributed by atoms with van der Waals surface area (Å²) in [7, 11) is -3.18. The van der Waals surface area contributed by atoms with Gasteiger partial charge in [-0.1, -0.05) is 19.4 Å². The fraction of sp³-hybridized carbons (Fsp3) is 0.846. The maximum absolute atomic E-state index is 13.4. The van der Waals surface area contributed by atoms with E-state index < -0.39 is 7.60 Å². The predicted octanol–water partition coefficient (Wildman–Crippen LogP) is 6.36. The molecule has 3 fully saturated rings. The normalized spacial score (nSPS) is 39.1. The molecule has 0 radical (unpaired) electrons. The predicted molar refractivity (Wildman–Crippen MR) is 126 cm³/mol. The molecule has 6 atom stereocenters. The molecule has 4 aliphatic rings. The molecule has 0 amide bonds. The van der Waals surface area contributed by atoms with Gasteiger partial charge in [0, 0.05) is 18.8 Å². The largest absolute Gasteiger partial charge is 0.331 e. The highest BCUT2D eigenvalue weighted by Gasteiger charge is 2.60. The van der Waals surface area contributed by atoms with Gasteiger partial charge in [0.05, 0.1) is 19.4 Å². The Hall–Kier alpha value is -0.770. The van der Waals surface area contributed by atoms with Gasteiger partial charge in [0.25, 0.3) is 0 Å². The van der Waals surface area contributed by atoms with Crippen molar-refractivity contribution in [2.75, 3.05) is 19.4 Å². The Kier molecular flexibility index (Phi) is 6.94. The van der Waals surface area contributed by atoms with Crippen molar-refractivity contribution in [1.29, 1.82) is 0 Å². The summed E-state index contributed by atoms with van der Waals surface area (Å²) in [6.07, 6.45) is 10.6. The van der Waals surface area contributed by atoms with Crippen LogP contribution < -0.4 is 0 Å². The number of rotatable bonds is 8. The molecule has 0 aromatic carbocycles. The Morgan fingerprint density at radius 3 is 2.44 bits per heavy atom. The molecule has 4 rings (SSSR count). The third-order valence-corrected chi connectivity index (χ3v) is 11.7. The van der Waals surface area contributed by atoms with E-state index in [9.17, 15) is 14.2 Å². The second-order valence-corrected chi connectivity index (χ2v) is 13.2. The van der Waals surface area contributed by atoms with Gasteiger partial charge in [0.15, 0.2) is 5.78 Å². The number of hydrogen-bond donors (Lipinski definition) is 0. The van der Waals surface area contributed by atoms with Crippen molar-refractivity contribution in [3.8, 4) is 0 Å². The maximum Gasteiger partial charge on any atom is 0.331 e. The molecular weight excluding hydrogens is 423 g/mol. The van der Waals surface area contributed by atoms with Crippen molar-refractivity contribution in [1.82, 2.24) is 0 Å². The minimum atomic E-state index is -3.18. The number of fused-ring (bicyclic) bond motifs is 5. The first-order chi connectivity index (χ1) is 15.2. The quantitative estimate of drug-likeness (QED) is 0.391. The molecule has 0 N–H and O–H groups in total. The lowest BCUT2D eigenvalue weighted by Crippen LogP contribution is -2.51. The summed E-state index contributed by atoms with van der Waals surface area (Å²) in [6, 6.07) is 0. The summed E-state index contributed by atoms with van der Waals surface area (Å²) in [5.74, 6) is 2.48. The van der Waals surface area contributed by atoms with Crippen molar-refractivity contribution < 1.29 is 23.2 Å². The first-order valence-corrected chi connectivity index (χ1v) is 14.5. The summed E-state index contributed by atoms with van der Waals surface area (Å²) in [4.78, 5) is 25.4. The highest BCUT2D eigenvalue weighted by Crippen LogP contribution is 2.67. The van der Waals surface area contributed by atoms with Gasteiger partial charge in [-0.15, -0.1) is 0 Å². The fourth-order valence-corrected chi connectivity index (χ4v) is 9.68. The lowest BCUT2D eigenvalue weighted by molar-refractivity contribution is -0.130. The summed E-state index contributed by atoms with van der Waals surface area (Å²) in [6.45, 7) is 9.04. The fourth-order valence-electron chi connectivity index (χ4n) is 8.07. The van der Waals surface area contributed by atoms with Crippen LogP contribution in [0, 0.1) is 34.5 Å². The second kappa shape index (κ2) is 9.12. The van der Waals surface area contributed by atoms with Gasteiger partial charge in [-0.3, -0.25) is 14.2 Å². The monoisotopic (exact) mass is 464 g/mol. The van der Waals surface area contributed by atoms with Crippen LogP contribution in [0.3, 0.4) is 0 Å². The number of carbonyl (C=O) groups is 2. The first kappa shape index (κ1) is 24.4. The maximum atomic E-state index is 13.4. The Balaban J connectivity index is 1.47. The number of allylic oxidation sites excluding steroid dienone is 1. The van der Waals surface area contributed by atoms with Crippen LogP contribution >= 0.6 is 7.60 Å². The summed E-state index contributed by atoms with van der Waals surface area (Å²) in [5, 5.41) is 0. The van der Waals surface area contributed by atoms with E-state index in [0.29, 0.717) is 43.2 Å². The van der Waals surface area contributed by atoms with E-state index in [1.165, 1.54) is 5.57 Å². The smallest absolute Gasteiger partial charge is 0.309 e. The Bertz CT molecular complexity index is 824. The molecular formula is C26H41O5P. The molecule has 32 heavy (non-hydrogen) atoms. The Morgan fingerprint density at radius 2 is 1.75 bits per heavy atom. The number of ketones is 2. The molecule has 5 nitrogen and oxygen atoms in total. The zero-order valence-corrected chi connectivity index (χ0v) is 21.3. The number of carbonyl (C=O) groups excluding carboxylic acids is 2. The van der Waals surface area contributed by atoms with E-state index in [1.54, 1.807) is 0 Å². The topological polar surface area (TPSA) is 69.7 Å². The molecule has 0 saturated heterocycles. The van der Waals surface area contributed by atoms with Gasteiger partial charge < -0.3 is 9.05 Å². The highest BCUT2D eigenvalue weighted by molar-refractivity contribution is 7.53. The molecule has 0 aromatic heterocycles. The van der Waals surface area contributed by atoms with Crippen LogP contribution in [-0.2, 0) is 23.2 Å². The average Bonchev–Trinajstić information content (AvgIpc) is 3.10. The van der Waals surface area contributed by atoms with Gasteiger partial charge in [-0.05, 0) is 93.5 Å². The van der Waals surface area contributed by atoms with Crippen LogP contribution in [-0.4, -0.2) is 30.9 Å². The standard InChI is InChI=1S/C26H41O5P/c1-5-30-32(29,31-6-2)16-13-24(28)23-10-9-21-20-8-7-18-17-19(27)11-14-25(18,3)22(20)12-15-26(21,23)4/h17,20-23H,5-16H2,1-4H3. The van der Waals surface area contributed by atoms with Gasteiger partial charge in [0.1, 0.15) is 5.78 Å². The minimum absolute atomic E-state index is 0.0432. The highest BCUT2D eigenvalue weighted by atomic mass is 31.2. The molecule has 6 heteroatoms. The van der Waals surface area contributed by atoms with Crippen molar-refractivity contribution in [3.63, 3.8) is 0 Å². The zero-order valence-electron chi connectivity index (χ0n) is 20.4. The number of Topliss-reactive ketones (excluding diaryl/α,β-unsaturated/α-hetero) is 1. The van der Waals surface area contributed by atoms with E-state index in [0.717, 1.165) is 44.9 Å². The van der Waals surface area contributed by atoms with Gasteiger partial charge in [-0.25, -0.2) is 0 Å². The van der Waals surface area contributed by atoms with Crippen molar-refractivity contribution in [2.45, 2.75) is 85.5 Å². The third-order valence-electron chi connectivity index (χ3n) is 9.63. The molecule has 0 heterocycles. The zero-order chi connectivity index (χ0) is 23.1. The van der Waals surface area contributed by atoms with Crippen LogP contribution in [0.1, 0.15) is 85.5 Å². The molecule has 0 aromatic rings. The third kappa shape index (κ3) is 4.12.